The van der Waals surface area contributed by atoms with Crippen LogP contribution >= 0.6 is 0 Å². The lowest BCUT2D eigenvalue weighted by Gasteiger charge is -2.23. The number of ether oxygens (including phenoxy) is 2. The predicted molar refractivity (Wildman–Crippen MR) is 57.2 cm³/mol. The molecule has 0 aliphatic carbocycles. The second-order valence-corrected chi connectivity index (χ2v) is 3.87. The first-order chi connectivity index (χ1) is 10.3. The minimum atomic E-state index is -5.36. The van der Waals surface area contributed by atoms with Crippen molar-refractivity contribution in [2.75, 3.05) is 13.2 Å². The Hall–Kier alpha value is -0.990. The lowest BCUT2D eigenvalue weighted by atomic mass is 10.4. The van der Waals surface area contributed by atoms with Crippen LogP contribution in [0.5, 0.6) is 0 Å². The van der Waals surface area contributed by atoms with E-state index in [1.807, 2.05) is 0 Å². The summed E-state index contributed by atoms with van der Waals surface area (Å²) in [6.45, 7) is -3.53. The van der Waals surface area contributed by atoms with E-state index in [0.717, 1.165) is 0 Å². The second kappa shape index (κ2) is 10.2. The van der Waals surface area contributed by atoms with Gasteiger partial charge in [-0.15, -0.1) is 0 Å². The van der Waals surface area contributed by atoms with Crippen LogP contribution in [0.3, 0.4) is 0 Å². The van der Waals surface area contributed by atoms with Crippen LogP contribution in [0.25, 0.3) is 0 Å². The van der Waals surface area contributed by atoms with Crippen LogP contribution in [0.4, 0.5) is 57.1 Å². The molecule has 15 heteroatoms. The summed E-state index contributed by atoms with van der Waals surface area (Å²) in [6.07, 6.45) is -27.2. The highest BCUT2D eigenvalue weighted by Gasteiger charge is 2.53. The van der Waals surface area contributed by atoms with Crippen LogP contribution in [-0.4, -0.2) is 50.4 Å². The number of alkyl halides is 13. The Labute approximate surface area is 132 Å². The van der Waals surface area contributed by atoms with Gasteiger partial charge in [-0.2, -0.15) is 43.9 Å². The molecule has 0 amide bonds. The standard InChI is InChI=1S/C5H5F7O.C4H4F6O.CH4/c1-2(6)4(9,10)13-5(11,12)3(7)8;5-3(6,7)1-11-2-4(8,9)10;/h2-3H,1H3;1-2H2;1H4. The molecule has 0 saturated heterocycles. The largest absolute Gasteiger partial charge is 0.421 e. The Balaban J connectivity index is -0.000000377. The Morgan fingerprint density at radius 1 is 0.680 bits per heavy atom. The third-order valence-corrected chi connectivity index (χ3v) is 1.52. The average Bonchev–Trinajstić information content (AvgIpc) is 2.23. The predicted octanol–water partition coefficient (Wildman–Crippen LogP) is 5.58. The Morgan fingerprint density at radius 3 is 1.20 bits per heavy atom. The minimum Gasteiger partial charge on any atom is -0.363 e. The summed E-state index contributed by atoms with van der Waals surface area (Å²) in [6, 6.07) is 0. The summed E-state index contributed by atoms with van der Waals surface area (Å²) >= 11 is 0. The third-order valence-electron chi connectivity index (χ3n) is 1.52. The smallest absolute Gasteiger partial charge is 0.363 e. The van der Waals surface area contributed by atoms with Gasteiger partial charge in [0.1, 0.15) is 13.2 Å². The number of halogens is 13. The first-order valence-corrected chi connectivity index (χ1v) is 5.39. The molecule has 0 heterocycles. The molecule has 156 valence electrons. The fourth-order valence-corrected chi connectivity index (χ4v) is 0.590. The highest BCUT2D eigenvalue weighted by molar-refractivity contribution is 4.66. The molecule has 0 aliphatic heterocycles. The van der Waals surface area contributed by atoms with Gasteiger partial charge < -0.3 is 4.74 Å². The molecular formula is C10H13F13O2. The summed E-state index contributed by atoms with van der Waals surface area (Å²) in [5.74, 6) is 0. The molecule has 2 nitrogen and oxygen atoms in total. The zero-order chi connectivity index (χ0) is 20.0. The van der Waals surface area contributed by atoms with Crippen molar-refractivity contribution in [3.63, 3.8) is 0 Å². The fraction of sp³-hybridized carbons (Fsp3) is 1.00. The molecule has 0 fully saturated rings. The Bertz CT molecular complexity index is 316. The number of hydrogen-bond acceptors (Lipinski definition) is 2. The zero-order valence-electron chi connectivity index (χ0n) is 11.3. The quantitative estimate of drug-likeness (QED) is 0.531. The van der Waals surface area contributed by atoms with Crippen molar-refractivity contribution in [3.05, 3.63) is 0 Å². The van der Waals surface area contributed by atoms with E-state index in [4.69, 9.17) is 0 Å². The summed E-state index contributed by atoms with van der Waals surface area (Å²) in [4.78, 5) is 0. The highest BCUT2D eigenvalue weighted by Crippen LogP contribution is 2.34. The molecule has 0 aliphatic rings. The third kappa shape index (κ3) is 16.2. The van der Waals surface area contributed by atoms with Gasteiger partial charge in [0.2, 0.25) is 0 Å². The van der Waals surface area contributed by atoms with Gasteiger partial charge >= 0.3 is 31.0 Å². The topological polar surface area (TPSA) is 18.5 Å². The van der Waals surface area contributed by atoms with Crippen molar-refractivity contribution < 1.29 is 66.5 Å². The SMILES string of the molecule is C.CC(F)C(F)(F)OC(F)(F)C(F)F.FC(F)(F)COCC(F)(F)F. The average molecular weight is 412 g/mol. The molecule has 0 spiro atoms. The fourth-order valence-electron chi connectivity index (χ4n) is 0.590. The van der Waals surface area contributed by atoms with Gasteiger partial charge in [0.15, 0.2) is 6.17 Å². The molecule has 0 rings (SSSR count). The maximum absolute atomic E-state index is 12.0. The molecule has 0 aromatic rings. The lowest BCUT2D eigenvalue weighted by Crippen LogP contribution is -2.42. The summed E-state index contributed by atoms with van der Waals surface area (Å²) in [5, 5.41) is 0. The maximum Gasteiger partial charge on any atom is 0.421 e. The number of rotatable bonds is 6. The van der Waals surface area contributed by atoms with Crippen LogP contribution in [0.2, 0.25) is 0 Å². The van der Waals surface area contributed by atoms with Gasteiger partial charge in [-0.1, -0.05) is 7.43 Å². The molecule has 0 bridgehead atoms. The highest BCUT2D eigenvalue weighted by atomic mass is 19.4. The minimum absolute atomic E-state index is 0. The molecular weight excluding hydrogens is 399 g/mol. The first kappa shape index (κ1) is 28.8. The van der Waals surface area contributed by atoms with E-state index in [2.05, 4.69) is 9.47 Å². The normalized spacial score (nSPS) is 14.5. The molecule has 0 radical (unpaired) electrons. The van der Waals surface area contributed by atoms with Gasteiger partial charge in [0, 0.05) is 0 Å². The van der Waals surface area contributed by atoms with Crippen LogP contribution in [-0.2, 0) is 9.47 Å². The molecule has 1 atom stereocenters. The molecule has 0 aromatic heterocycles. The van der Waals surface area contributed by atoms with E-state index in [9.17, 15) is 57.1 Å². The van der Waals surface area contributed by atoms with Crippen molar-refractivity contribution in [1.82, 2.24) is 0 Å². The van der Waals surface area contributed by atoms with Crippen LogP contribution in [0.15, 0.2) is 0 Å². The van der Waals surface area contributed by atoms with Gasteiger partial charge in [0.05, 0.1) is 0 Å². The molecule has 0 N–H and O–H groups in total. The lowest BCUT2D eigenvalue weighted by molar-refractivity contribution is -0.416. The molecule has 1 unspecified atom stereocenters. The van der Waals surface area contributed by atoms with Crippen molar-refractivity contribution in [2.45, 2.75) is 51.5 Å². The van der Waals surface area contributed by atoms with Crippen LogP contribution in [0.1, 0.15) is 14.4 Å². The van der Waals surface area contributed by atoms with E-state index >= 15 is 0 Å². The van der Waals surface area contributed by atoms with Crippen molar-refractivity contribution in [1.29, 1.82) is 0 Å². The second-order valence-electron chi connectivity index (χ2n) is 3.87. The van der Waals surface area contributed by atoms with E-state index < -0.39 is 50.4 Å². The van der Waals surface area contributed by atoms with Gasteiger partial charge in [-0.05, 0) is 6.92 Å². The van der Waals surface area contributed by atoms with E-state index in [0.29, 0.717) is 0 Å². The molecule has 0 saturated carbocycles. The van der Waals surface area contributed by atoms with E-state index in [1.165, 1.54) is 0 Å². The van der Waals surface area contributed by atoms with Crippen molar-refractivity contribution in [2.24, 2.45) is 0 Å². The molecule has 0 aromatic carbocycles. The maximum atomic E-state index is 12.0. The van der Waals surface area contributed by atoms with Crippen LogP contribution in [0, 0.1) is 0 Å². The van der Waals surface area contributed by atoms with Gasteiger partial charge in [-0.3, -0.25) is 0 Å². The van der Waals surface area contributed by atoms with E-state index in [1.54, 1.807) is 0 Å². The number of hydrogen-bond donors (Lipinski definition) is 0. The summed E-state index contributed by atoms with van der Waals surface area (Å²) in [5.41, 5.74) is 0. The zero-order valence-corrected chi connectivity index (χ0v) is 11.3. The Kier molecular flexibility index (Phi) is 11.8. The first-order valence-electron chi connectivity index (χ1n) is 5.39. The monoisotopic (exact) mass is 412 g/mol. The van der Waals surface area contributed by atoms with Crippen molar-refractivity contribution in [3.8, 4) is 0 Å². The summed E-state index contributed by atoms with van der Waals surface area (Å²) < 4.78 is 154. The Morgan fingerprint density at radius 2 is 1.00 bits per heavy atom. The van der Waals surface area contributed by atoms with Gasteiger partial charge in [0.25, 0.3) is 0 Å². The van der Waals surface area contributed by atoms with E-state index in [-0.39, 0.29) is 14.4 Å². The summed E-state index contributed by atoms with van der Waals surface area (Å²) in [7, 11) is 0. The van der Waals surface area contributed by atoms with Crippen LogP contribution < -0.4 is 0 Å². The molecule has 25 heavy (non-hydrogen) atoms. The van der Waals surface area contributed by atoms with Gasteiger partial charge in [-0.25, -0.2) is 17.9 Å². The van der Waals surface area contributed by atoms with Crippen molar-refractivity contribution >= 4 is 0 Å².